The minimum Gasteiger partial charge on any atom is -0.332 e. The second-order valence-electron chi connectivity index (χ2n) is 5.01. The van der Waals surface area contributed by atoms with Crippen molar-refractivity contribution < 1.29 is 0 Å². The first kappa shape index (κ1) is 13.1. The van der Waals surface area contributed by atoms with Gasteiger partial charge in [0, 0.05) is 5.69 Å². The van der Waals surface area contributed by atoms with E-state index in [0.29, 0.717) is 0 Å². The Hall–Kier alpha value is -1.87. The molecule has 0 radical (unpaired) electrons. The van der Waals surface area contributed by atoms with E-state index >= 15 is 0 Å². The molecular formula is C17H18N2S. The fourth-order valence-corrected chi connectivity index (χ4v) is 3.27. The van der Waals surface area contributed by atoms with Gasteiger partial charge in [0.15, 0.2) is 5.13 Å². The number of para-hydroxylation sites is 1. The van der Waals surface area contributed by atoms with Gasteiger partial charge in [-0.2, -0.15) is 0 Å². The van der Waals surface area contributed by atoms with Gasteiger partial charge in [-0.1, -0.05) is 48.9 Å². The van der Waals surface area contributed by atoms with Crippen molar-refractivity contribution in [2.24, 2.45) is 0 Å². The Labute approximate surface area is 123 Å². The third-order valence-electron chi connectivity index (χ3n) is 3.36. The Morgan fingerprint density at radius 3 is 2.60 bits per heavy atom. The first-order valence-electron chi connectivity index (χ1n) is 6.98. The fourth-order valence-electron chi connectivity index (χ4n) is 2.31. The number of aromatic nitrogens is 1. The maximum atomic E-state index is 4.67. The van der Waals surface area contributed by atoms with Crippen LogP contribution >= 0.6 is 11.3 Å². The van der Waals surface area contributed by atoms with Gasteiger partial charge in [0.1, 0.15) is 0 Å². The molecule has 0 amide bonds. The molecule has 0 saturated heterocycles. The molecule has 0 aliphatic heterocycles. The highest BCUT2D eigenvalue weighted by Crippen LogP contribution is 2.29. The zero-order chi connectivity index (χ0) is 13.9. The molecule has 2 nitrogen and oxygen atoms in total. The van der Waals surface area contributed by atoms with Gasteiger partial charge in [-0.3, -0.25) is 0 Å². The number of nitrogens with zero attached hydrogens (tertiary/aromatic N) is 1. The van der Waals surface area contributed by atoms with Gasteiger partial charge in [0.05, 0.1) is 10.2 Å². The highest BCUT2D eigenvalue weighted by atomic mass is 32.1. The number of nitrogens with one attached hydrogen (secondary N) is 1. The van der Waals surface area contributed by atoms with Crippen LogP contribution in [0.25, 0.3) is 10.2 Å². The van der Waals surface area contributed by atoms with Crippen molar-refractivity contribution in [3.63, 3.8) is 0 Å². The lowest BCUT2D eigenvalue weighted by atomic mass is 10.1. The summed E-state index contributed by atoms with van der Waals surface area (Å²) >= 11 is 1.70. The molecule has 0 spiro atoms. The van der Waals surface area contributed by atoms with Crippen molar-refractivity contribution in [3.8, 4) is 0 Å². The summed E-state index contributed by atoms with van der Waals surface area (Å²) in [6.45, 7) is 4.31. The summed E-state index contributed by atoms with van der Waals surface area (Å²) in [6, 6.07) is 14.9. The first-order valence-corrected chi connectivity index (χ1v) is 7.80. The second-order valence-corrected chi connectivity index (χ2v) is 6.04. The van der Waals surface area contributed by atoms with Crippen LogP contribution in [0.2, 0.25) is 0 Å². The standard InChI is InChI=1S/C17H18N2S/c1-3-5-13-8-10-14(11-9-13)18-17-19-16-12(2)6-4-7-15(16)20-17/h4,6-11H,3,5H2,1-2H3,(H,18,19). The lowest BCUT2D eigenvalue weighted by molar-refractivity contribution is 0.922. The summed E-state index contributed by atoms with van der Waals surface area (Å²) < 4.78 is 1.23. The third-order valence-corrected chi connectivity index (χ3v) is 4.30. The highest BCUT2D eigenvalue weighted by Gasteiger charge is 2.05. The normalized spacial score (nSPS) is 10.9. The van der Waals surface area contributed by atoms with Gasteiger partial charge < -0.3 is 5.32 Å². The van der Waals surface area contributed by atoms with Crippen LogP contribution in [0, 0.1) is 6.92 Å². The summed E-state index contributed by atoms with van der Waals surface area (Å²) in [4.78, 5) is 4.67. The van der Waals surface area contributed by atoms with E-state index in [1.165, 1.54) is 22.2 Å². The van der Waals surface area contributed by atoms with Crippen molar-refractivity contribution in [2.45, 2.75) is 26.7 Å². The van der Waals surface area contributed by atoms with E-state index in [2.05, 4.69) is 66.6 Å². The van der Waals surface area contributed by atoms with E-state index in [9.17, 15) is 0 Å². The number of benzene rings is 2. The number of aryl methyl sites for hydroxylation is 2. The molecule has 1 aromatic heterocycles. The van der Waals surface area contributed by atoms with Crippen molar-refractivity contribution in [1.29, 1.82) is 0 Å². The van der Waals surface area contributed by atoms with Crippen LogP contribution in [0.3, 0.4) is 0 Å². The van der Waals surface area contributed by atoms with Crippen molar-refractivity contribution in [1.82, 2.24) is 4.98 Å². The zero-order valence-electron chi connectivity index (χ0n) is 11.8. The largest absolute Gasteiger partial charge is 0.332 e. The lowest BCUT2D eigenvalue weighted by Gasteiger charge is -2.03. The second kappa shape index (κ2) is 5.63. The lowest BCUT2D eigenvalue weighted by Crippen LogP contribution is -1.90. The Morgan fingerprint density at radius 1 is 1.10 bits per heavy atom. The van der Waals surface area contributed by atoms with Gasteiger partial charge >= 0.3 is 0 Å². The predicted molar refractivity (Wildman–Crippen MR) is 88.1 cm³/mol. The average Bonchev–Trinajstić information content (AvgIpc) is 2.85. The van der Waals surface area contributed by atoms with Gasteiger partial charge in [0.25, 0.3) is 0 Å². The topological polar surface area (TPSA) is 24.9 Å². The molecule has 3 heteroatoms. The number of thiazole rings is 1. The monoisotopic (exact) mass is 282 g/mol. The van der Waals surface area contributed by atoms with Crippen LogP contribution in [0.15, 0.2) is 42.5 Å². The van der Waals surface area contributed by atoms with Crippen LogP contribution in [0.4, 0.5) is 10.8 Å². The molecular weight excluding hydrogens is 264 g/mol. The quantitative estimate of drug-likeness (QED) is 0.702. The molecule has 0 unspecified atom stereocenters. The van der Waals surface area contributed by atoms with Crippen LogP contribution in [-0.2, 0) is 6.42 Å². The zero-order valence-corrected chi connectivity index (χ0v) is 12.6. The summed E-state index contributed by atoms with van der Waals surface area (Å²) in [6.07, 6.45) is 2.32. The van der Waals surface area contributed by atoms with Crippen molar-refractivity contribution >= 4 is 32.4 Å². The van der Waals surface area contributed by atoms with Gasteiger partial charge in [0.2, 0.25) is 0 Å². The molecule has 0 atom stereocenters. The van der Waals surface area contributed by atoms with Crippen LogP contribution in [-0.4, -0.2) is 4.98 Å². The third kappa shape index (κ3) is 2.68. The average molecular weight is 282 g/mol. The highest BCUT2D eigenvalue weighted by molar-refractivity contribution is 7.22. The molecule has 3 rings (SSSR count). The predicted octanol–water partition coefficient (Wildman–Crippen LogP) is 5.30. The minimum absolute atomic E-state index is 0.956. The van der Waals surface area contributed by atoms with E-state index in [-0.39, 0.29) is 0 Å². The number of hydrogen-bond donors (Lipinski definition) is 1. The smallest absolute Gasteiger partial charge is 0.188 e. The maximum Gasteiger partial charge on any atom is 0.188 e. The molecule has 102 valence electrons. The Bertz CT molecular complexity index is 713. The first-order chi connectivity index (χ1) is 9.76. The molecule has 3 aromatic rings. The van der Waals surface area contributed by atoms with E-state index in [0.717, 1.165) is 22.8 Å². The molecule has 0 fully saturated rings. The molecule has 20 heavy (non-hydrogen) atoms. The summed E-state index contributed by atoms with van der Waals surface area (Å²) in [5.41, 5.74) is 4.81. The molecule has 2 aromatic carbocycles. The molecule has 0 saturated carbocycles. The van der Waals surface area contributed by atoms with Gasteiger partial charge in [-0.05, 0) is 42.7 Å². The number of rotatable bonds is 4. The molecule has 0 bridgehead atoms. The van der Waals surface area contributed by atoms with Crippen LogP contribution in [0.1, 0.15) is 24.5 Å². The van der Waals surface area contributed by atoms with Crippen LogP contribution in [0.5, 0.6) is 0 Å². The maximum absolute atomic E-state index is 4.67. The van der Waals surface area contributed by atoms with Gasteiger partial charge in [-0.15, -0.1) is 0 Å². The van der Waals surface area contributed by atoms with Crippen LogP contribution < -0.4 is 5.32 Å². The minimum atomic E-state index is 0.956. The van der Waals surface area contributed by atoms with Crippen molar-refractivity contribution in [2.75, 3.05) is 5.32 Å². The molecule has 1 N–H and O–H groups in total. The van der Waals surface area contributed by atoms with E-state index in [4.69, 9.17) is 0 Å². The summed E-state index contributed by atoms with van der Waals surface area (Å²) in [5.74, 6) is 0. The SMILES string of the molecule is CCCc1ccc(Nc2nc3c(C)cccc3s2)cc1. The Morgan fingerprint density at radius 2 is 1.90 bits per heavy atom. The summed E-state index contributed by atoms with van der Waals surface area (Å²) in [7, 11) is 0. The molecule has 0 aliphatic carbocycles. The fraction of sp³-hybridized carbons (Fsp3) is 0.235. The molecule has 0 aliphatic rings. The van der Waals surface area contributed by atoms with E-state index in [1.807, 2.05) is 0 Å². The van der Waals surface area contributed by atoms with E-state index in [1.54, 1.807) is 11.3 Å². The number of anilines is 2. The van der Waals surface area contributed by atoms with E-state index < -0.39 is 0 Å². The van der Waals surface area contributed by atoms with Crippen molar-refractivity contribution in [3.05, 3.63) is 53.6 Å². The summed E-state index contributed by atoms with van der Waals surface area (Å²) in [5, 5.41) is 4.35. The Kier molecular flexibility index (Phi) is 3.70. The number of hydrogen-bond acceptors (Lipinski definition) is 3. The van der Waals surface area contributed by atoms with Gasteiger partial charge in [-0.25, -0.2) is 4.98 Å². The Balaban J connectivity index is 1.83. The molecule has 1 heterocycles. The number of fused-ring (bicyclic) bond motifs is 1.